The molecule has 0 aromatic heterocycles. The first-order valence-electron chi connectivity index (χ1n) is 6.80. The monoisotopic (exact) mass is 246 g/mol. The molecule has 0 bridgehead atoms. The molecule has 0 aliphatic heterocycles. The molecule has 0 radical (unpaired) electrons. The van der Waals surface area contributed by atoms with Crippen molar-refractivity contribution in [2.45, 2.75) is 44.7 Å². The summed E-state index contributed by atoms with van der Waals surface area (Å²) in [5.74, 6) is 0.683. The highest BCUT2D eigenvalue weighted by molar-refractivity contribution is 5.82. The Balaban J connectivity index is 1.71. The van der Waals surface area contributed by atoms with Gasteiger partial charge in [-0.15, -0.1) is 0 Å². The van der Waals surface area contributed by atoms with Gasteiger partial charge in [0.2, 0.25) is 5.91 Å². The summed E-state index contributed by atoms with van der Waals surface area (Å²) in [7, 11) is 0. The number of hydrogen-bond acceptors (Lipinski definition) is 2. The number of amides is 1. The van der Waals surface area contributed by atoms with Crippen LogP contribution < -0.4 is 11.1 Å². The first kappa shape index (κ1) is 13.1. The Morgan fingerprint density at radius 1 is 1.44 bits per heavy atom. The van der Waals surface area contributed by atoms with Crippen LogP contribution in [0.2, 0.25) is 0 Å². The molecule has 3 N–H and O–H groups in total. The molecule has 0 spiro atoms. The molecule has 1 aromatic carbocycles. The summed E-state index contributed by atoms with van der Waals surface area (Å²) >= 11 is 0. The molecule has 18 heavy (non-hydrogen) atoms. The van der Waals surface area contributed by atoms with E-state index in [0.29, 0.717) is 18.4 Å². The van der Waals surface area contributed by atoms with Crippen LogP contribution in [0.3, 0.4) is 0 Å². The predicted octanol–water partition coefficient (Wildman–Crippen LogP) is 1.86. The highest BCUT2D eigenvalue weighted by Gasteiger charge is 2.37. The number of benzene rings is 1. The lowest BCUT2D eigenvalue weighted by Gasteiger charge is -2.12. The van der Waals surface area contributed by atoms with Crippen LogP contribution in [-0.2, 0) is 11.2 Å². The van der Waals surface area contributed by atoms with Crippen LogP contribution in [0, 0.1) is 5.92 Å². The Morgan fingerprint density at radius 2 is 2.17 bits per heavy atom. The molecule has 3 nitrogen and oxygen atoms in total. The fraction of sp³-hybridized carbons (Fsp3) is 0.533. The second-order valence-electron chi connectivity index (χ2n) is 5.15. The van der Waals surface area contributed by atoms with Crippen molar-refractivity contribution in [1.82, 2.24) is 5.32 Å². The van der Waals surface area contributed by atoms with Crippen LogP contribution in [0.15, 0.2) is 30.3 Å². The predicted molar refractivity (Wildman–Crippen MR) is 73.1 cm³/mol. The largest absolute Gasteiger partial charge is 0.352 e. The van der Waals surface area contributed by atoms with Crippen LogP contribution in [0.4, 0.5) is 0 Å². The average Bonchev–Trinajstić information content (AvgIpc) is 3.15. The number of carbonyl (C=O) groups is 1. The van der Waals surface area contributed by atoms with Gasteiger partial charge in [0.1, 0.15) is 0 Å². The molecule has 2 rings (SSSR count). The molecule has 1 aromatic rings. The summed E-state index contributed by atoms with van der Waals surface area (Å²) in [4.78, 5) is 11.8. The van der Waals surface area contributed by atoms with Gasteiger partial charge in [0.25, 0.3) is 0 Å². The van der Waals surface area contributed by atoms with E-state index in [-0.39, 0.29) is 11.9 Å². The topological polar surface area (TPSA) is 55.1 Å². The van der Waals surface area contributed by atoms with Crippen molar-refractivity contribution in [3.8, 4) is 0 Å². The molecule has 1 amide bonds. The van der Waals surface area contributed by atoms with E-state index >= 15 is 0 Å². The third kappa shape index (κ3) is 3.57. The van der Waals surface area contributed by atoms with Crippen molar-refractivity contribution < 1.29 is 4.79 Å². The highest BCUT2D eigenvalue weighted by atomic mass is 16.2. The van der Waals surface area contributed by atoms with Crippen molar-refractivity contribution in [2.24, 2.45) is 11.7 Å². The van der Waals surface area contributed by atoms with Crippen molar-refractivity contribution in [1.29, 1.82) is 0 Å². The van der Waals surface area contributed by atoms with Crippen LogP contribution in [0.5, 0.6) is 0 Å². The second kappa shape index (κ2) is 6.01. The summed E-state index contributed by atoms with van der Waals surface area (Å²) in [6, 6.07) is 10.1. The van der Waals surface area contributed by atoms with Gasteiger partial charge in [-0.2, -0.15) is 0 Å². The normalized spacial score (nSPS) is 23.4. The van der Waals surface area contributed by atoms with Crippen molar-refractivity contribution >= 4 is 5.91 Å². The number of nitrogens with two attached hydrogens (primary N) is 1. The maximum atomic E-state index is 11.8. The van der Waals surface area contributed by atoms with E-state index in [1.54, 1.807) is 0 Å². The quantitative estimate of drug-likeness (QED) is 0.805. The van der Waals surface area contributed by atoms with Gasteiger partial charge < -0.3 is 11.1 Å². The maximum absolute atomic E-state index is 11.8. The first-order chi connectivity index (χ1) is 8.70. The molecule has 0 heterocycles. The third-order valence-electron chi connectivity index (χ3n) is 3.70. The number of rotatable bonds is 6. The van der Waals surface area contributed by atoms with E-state index in [4.69, 9.17) is 5.73 Å². The lowest BCUT2D eigenvalue weighted by Crippen LogP contribution is -2.42. The van der Waals surface area contributed by atoms with Crippen molar-refractivity contribution in [2.75, 3.05) is 0 Å². The van der Waals surface area contributed by atoms with E-state index in [1.807, 2.05) is 18.2 Å². The Labute approximate surface area is 109 Å². The lowest BCUT2D eigenvalue weighted by atomic mass is 10.1. The van der Waals surface area contributed by atoms with Gasteiger partial charge in [-0.05, 0) is 30.7 Å². The van der Waals surface area contributed by atoms with E-state index in [9.17, 15) is 4.79 Å². The van der Waals surface area contributed by atoms with Crippen molar-refractivity contribution in [3.63, 3.8) is 0 Å². The van der Waals surface area contributed by atoms with Gasteiger partial charge in [-0.3, -0.25) is 4.79 Å². The summed E-state index contributed by atoms with van der Waals surface area (Å²) in [6.45, 7) is 2.16. The number of hydrogen-bond donors (Lipinski definition) is 2. The lowest BCUT2D eigenvalue weighted by molar-refractivity contribution is -0.122. The number of aryl methyl sites for hydroxylation is 1. The van der Waals surface area contributed by atoms with E-state index in [0.717, 1.165) is 19.3 Å². The second-order valence-corrected chi connectivity index (χ2v) is 5.15. The van der Waals surface area contributed by atoms with Crippen LogP contribution >= 0.6 is 0 Å². The summed E-state index contributed by atoms with van der Waals surface area (Å²) in [5.41, 5.74) is 7.15. The average molecular weight is 246 g/mol. The van der Waals surface area contributed by atoms with E-state index in [2.05, 4.69) is 24.4 Å². The summed E-state index contributed by atoms with van der Waals surface area (Å²) in [6.07, 6.45) is 3.83. The first-order valence-corrected chi connectivity index (χ1v) is 6.80. The third-order valence-corrected chi connectivity index (χ3v) is 3.70. The number of carbonyl (C=O) groups excluding carboxylic acids is 1. The Bertz CT molecular complexity index is 391. The molecule has 3 atom stereocenters. The zero-order chi connectivity index (χ0) is 13.0. The van der Waals surface area contributed by atoms with E-state index in [1.165, 1.54) is 5.56 Å². The molecule has 0 saturated heterocycles. The van der Waals surface area contributed by atoms with Gasteiger partial charge in [0, 0.05) is 6.04 Å². The fourth-order valence-corrected chi connectivity index (χ4v) is 2.26. The minimum atomic E-state index is -0.386. The molecule has 1 aliphatic carbocycles. The van der Waals surface area contributed by atoms with Crippen LogP contribution in [-0.4, -0.2) is 18.0 Å². The fourth-order valence-electron chi connectivity index (χ4n) is 2.26. The smallest absolute Gasteiger partial charge is 0.237 e. The number of nitrogens with one attached hydrogen (secondary N) is 1. The Morgan fingerprint density at radius 3 is 2.78 bits per heavy atom. The van der Waals surface area contributed by atoms with Crippen LogP contribution in [0.25, 0.3) is 0 Å². The van der Waals surface area contributed by atoms with Crippen LogP contribution in [0.1, 0.15) is 31.7 Å². The molecule has 1 aliphatic rings. The van der Waals surface area contributed by atoms with Gasteiger partial charge in [0.05, 0.1) is 6.04 Å². The van der Waals surface area contributed by atoms with Crippen molar-refractivity contribution in [3.05, 3.63) is 35.9 Å². The minimum Gasteiger partial charge on any atom is -0.352 e. The van der Waals surface area contributed by atoms with Gasteiger partial charge >= 0.3 is 0 Å². The summed E-state index contributed by atoms with van der Waals surface area (Å²) < 4.78 is 0. The molecule has 2 unspecified atom stereocenters. The zero-order valence-electron chi connectivity index (χ0n) is 10.9. The molecular formula is C15H22N2O. The minimum absolute atomic E-state index is 0.00637. The van der Waals surface area contributed by atoms with Gasteiger partial charge in [-0.25, -0.2) is 0 Å². The molecule has 1 saturated carbocycles. The molecule has 98 valence electrons. The SMILES string of the molecule is CCC1CC1NC(=O)[C@@H](N)CCc1ccccc1. The van der Waals surface area contributed by atoms with Gasteiger partial charge in [0.15, 0.2) is 0 Å². The Hall–Kier alpha value is -1.35. The maximum Gasteiger partial charge on any atom is 0.237 e. The Kier molecular flexibility index (Phi) is 4.37. The van der Waals surface area contributed by atoms with Gasteiger partial charge in [-0.1, -0.05) is 43.7 Å². The summed E-state index contributed by atoms with van der Waals surface area (Å²) in [5, 5.41) is 3.03. The standard InChI is InChI=1S/C15H22N2O/c1-2-12-10-14(12)17-15(18)13(16)9-8-11-6-4-3-5-7-11/h3-7,12-14H,2,8-10,16H2,1H3,(H,17,18)/t12?,13-,14?/m0/s1. The molecule has 3 heteroatoms. The zero-order valence-corrected chi connectivity index (χ0v) is 10.9. The molecule has 1 fully saturated rings. The van der Waals surface area contributed by atoms with E-state index < -0.39 is 0 Å². The highest BCUT2D eigenvalue weighted by Crippen LogP contribution is 2.33. The molecular weight excluding hydrogens is 224 g/mol.